The molecule has 0 saturated carbocycles. The topological polar surface area (TPSA) is 73.8 Å². The fraction of sp³-hybridized carbons (Fsp3) is 0.182. The summed E-state index contributed by atoms with van der Waals surface area (Å²) in [6.45, 7) is 1.54. The number of primary amides is 1. The number of nitrogens with two attached hydrogens (primary N) is 1. The molecule has 1 amide bonds. The van der Waals surface area contributed by atoms with Gasteiger partial charge in [-0.05, 0) is 19.1 Å². The van der Waals surface area contributed by atoms with Crippen LogP contribution in [0.3, 0.4) is 0 Å². The van der Waals surface area contributed by atoms with E-state index in [1.165, 1.54) is 18.3 Å². The Balaban J connectivity index is 2.73. The van der Waals surface area contributed by atoms with Crippen LogP contribution in [0.25, 0.3) is 5.69 Å². The zero-order valence-corrected chi connectivity index (χ0v) is 9.77. The highest BCUT2D eigenvalue weighted by molar-refractivity contribution is 5.94. The molecule has 2 N–H and O–H groups in total. The van der Waals surface area contributed by atoms with Gasteiger partial charge in [0.15, 0.2) is 5.69 Å². The molecule has 0 aliphatic heterocycles. The third kappa shape index (κ3) is 2.28. The van der Waals surface area contributed by atoms with Crippen LogP contribution in [0.2, 0.25) is 0 Å². The molecule has 0 spiro atoms. The van der Waals surface area contributed by atoms with Gasteiger partial charge in [-0.1, -0.05) is 0 Å². The molecule has 5 nitrogen and oxygen atoms in total. The van der Waals surface area contributed by atoms with Gasteiger partial charge in [0.2, 0.25) is 0 Å². The number of amides is 1. The van der Waals surface area contributed by atoms with Crippen molar-refractivity contribution in [1.29, 1.82) is 0 Å². The van der Waals surface area contributed by atoms with E-state index in [0.29, 0.717) is 10.4 Å². The van der Waals surface area contributed by atoms with Crippen molar-refractivity contribution in [1.82, 2.24) is 14.8 Å². The zero-order chi connectivity index (χ0) is 14.2. The van der Waals surface area contributed by atoms with Gasteiger partial charge in [-0.15, -0.1) is 0 Å². The van der Waals surface area contributed by atoms with Crippen molar-refractivity contribution in [2.75, 3.05) is 0 Å². The van der Waals surface area contributed by atoms with Gasteiger partial charge in [0.05, 0.1) is 23.1 Å². The van der Waals surface area contributed by atoms with Gasteiger partial charge in [0, 0.05) is 6.20 Å². The molecule has 0 fully saturated rings. The molecule has 2 aromatic rings. The standard InChI is InChI=1S/C11H9F3N4O/c1-6-8(3-2-4-16-6)18-9(11(12,13)14)7(5-17-18)10(15)19/h2-5H,1H3,(H2,15,19). The van der Waals surface area contributed by atoms with Crippen molar-refractivity contribution in [2.24, 2.45) is 5.73 Å². The number of carbonyl (C=O) groups is 1. The largest absolute Gasteiger partial charge is 0.434 e. The Morgan fingerprint density at radius 2 is 2.11 bits per heavy atom. The van der Waals surface area contributed by atoms with E-state index in [-0.39, 0.29) is 5.69 Å². The van der Waals surface area contributed by atoms with E-state index >= 15 is 0 Å². The number of carbonyl (C=O) groups excluding carboxylic acids is 1. The SMILES string of the molecule is Cc1ncccc1-n1ncc(C(N)=O)c1C(F)(F)F. The van der Waals surface area contributed by atoms with Crippen molar-refractivity contribution < 1.29 is 18.0 Å². The molecule has 0 bridgehead atoms. The number of aromatic nitrogens is 3. The number of hydrogen-bond donors (Lipinski definition) is 1. The molecule has 19 heavy (non-hydrogen) atoms. The lowest BCUT2D eigenvalue weighted by atomic mass is 10.2. The first-order valence-corrected chi connectivity index (χ1v) is 5.19. The maximum atomic E-state index is 13.0. The maximum absolute atomic E-state index is 13.0. The van der Waals surface area contributed by atoms with E-state index in [1.807, 2.05) is 0 Å². The first kappa shape index (κ1) is 13.1. The van der Waals surface area contributed by atoms with Gasteiger partial charge in [0.1, 0.15) is 0 Å². The number of alkyl halides is 3. The first-order valence-electron chi connectivity index (χ1n) is 5.19. The van der Waals surface area contributed by atoms with Crippen LogP contribution in [0.5, 0.6) is 0 Å². The van der Waals surface area contributed by atoms with Crippen molar-refractivity contribution in [3.8, 4) is 5.69 Å². The Hall–Kier alpha value is -2.38. The minimum absolute atomic E-state index is 0.141. The number of aryl methyl sites for hydroxylation is 1. The van der Waals surface area contributed by atoms with Gasteiger partial charge in [0.25, 0.3) is 5.91 Å². The van der Waals surface area contributed by atoms with E-state index in [0.717, 1.165) is 6.20 Å². The smallest absolute Gasteiger partial charge is 0.365 e. The van der Waals surface area contributed by atoms with Crippen LogP contribution < -0.4 is 5.73 Å². The van der Waals surface area contributed by atoms with Crippen LogP contribution in [0.15, 0.2) is 24.5 Å². The predicted molar refractivity (Wildman–Crippen MR) is 59.6 cm³/mol. The Morgan fingerprint density at radius 3 is 2.63 bits per heavy atom. The molecular formula is C11H9F3N4O. The zero-order valence-electron chi connectivity index (χ0n) is 9.77. The summed E-state index contributed by atoms with van der Waals surface area (Å²) in [6, 6.07) is 2.91. The number of rotatable bonds is 2. The molecule has 2 rings (SSSR count). The highest BCUT2D eigenvalue weighted by Gasteiger charge is 2.40. The minimum Gasteiger partial charge on any atom is -0.365 e. The second-order valence-corrected chi connectivity index (χ2v) is 3.79. The third-order valence-corrected chi connectivity index (χ3v) is 2.51. The molecule has 0 aliphatic carbocycles. The number of pyridine rings is 1. The van der Waals surface area contributed by atoms with Crippen LogP contribution in [0.1, 0.15) is 21.7 Å². The second kappa shape index (κ2) is 4.38. The van der Waals surface area contributed by atoms with E-state index in [9.17, 15) is 18.0 Å². The highest BCUT2D eigenvalue weighted by Crippen LogP contribution is 2.33. The summed E-state index contributed by atoms with van der Waals surface area (Å²) in [7, 11) is 0. The van der Waals surface area contributed by atoms with Crippen molar-refractivity contribution >= 4 is 5.91 Å². The molecule has 0 atom stereocenters. The summed E-state index contributed by atoms with van der Waals surface area (Å²) in [5.41, 5.74) is 3.56. The lowest BCUT2D eigenvalue weighted by molar-refractivity contribution is -0.143. The molecule has 0 aliphatic rings. The van der Waals surface area contributed by atoms with Crippen LogP contribution >= 0.6 is 0 Å². The summed E-state index contributed by atoms with van der Waals surface area (Å²) in [5.74, 6) is -1.18. The van der Waals surface area contributed by atoms with Crippen molar-refractivity contribution in [2.45, 2.75) is 13.1 Å². The van der Waals surface area contributed by atoms with Crippen molar-refractivity contribution in [3.05, 3.63) is 41.5 Å². The van der Waals surface area contributed by atoms with Gasteiger partial charge in [-0.2, -0.15) is 18.3 Å². The average molecular weight is 270 g/mol. The molecule has 2 aromatic heterocycles. The fourth-order valence-corrected chi connectivity index (χ4v) is 1.68. The minimum atomic E-state index is -4.75. The molecule has 0 radical (unpaired) electrons. The highest BCUT2D eigenvalue weighted by atomic mass is 19.4. The van der Waals surface area contributed by atoms with E-state index in [4.69, 9.17) is 5.73 Å². The van der Waals surface area contributed by atoms with Gasteiger partial charge >= 0.3 is 6.18 Å². The maximum Gasteiger partial charge on any atom is 0.434 e. The molecule has 0 aromatic carbocycles. The molecule has 8 heteroatoms. The fourth-order valence-electron chi connectivity index (χ4n) is 1.68. The van der Waals surface area contributed by atoms with Crippen LogP contribution in [-0.4, -0.2) is 20.7 Å². The molecule has 100 valence electrons. The predicted octanol–water partition coefficient (Wildman–Crippen LogP) is 1.69. The summed E-state index contributed by atoms with van der Waals surface area (Å²) >= 11 is 0. The Morgan fingerprint density at radius 1 is 1.42 bits per heavy atom. The Kier molecular flexibility index (Phi) is 3.01. The van der Waals surface area contributed by atoms with E-state index < -0.39 is 23.3 Å². The average Bonchev–Trinajstić information content (AvgIpc) is 2.73. The summed E-state index contributed by atoms with van der Waals surface area (Å²) in [6.07, 6.45) is -2.49. The number of hydrogen-bond acceptors (Lipinski definition) is 3. The number of nitrogens with zero attached hydrogens (tertiary/aromatic N) is 3. The summed E-state index contributed by atoms with van der Waals surface area (Å²) in [4.78, 5) is 14.9. The van der Waals surface area contributed by atoms with Crippen LogP contribution in [0, 0.1) is 6.92 Å². The van der Waals surface area contributed by atoms with Crippen LogP contribution in [0.4, 0.5) is 13.2 Å². The van der Waals surface area contributed by atoms with E-state index in [2.05, 4.69) is 10.1 Å². The first-order chi connectivity index (χ1) is 8.82. The van der Waals surface area contributed by atoms with Gasteiger partial charge < -0.3 is 5.73 Å². The van der Waals surface area contributed by atoms with E-state index in [1.54, 1.807) is 6.92 Å². The Labute approximate surface area is 105 Å². The lowest BCUT2D eigenvalue weighted by Crippen LogP contribution is -2.21. The van der Waals surface area contributed by atoms with Crippen molar-refractivity contribution in [3.63, 3.8) is 0 Å². The van der Waals surface area contributed by atoms with Crippen LogP contribution in [-0.2, 0) is 6.18 Å². The normalized spacial score (nSPS) is 11.6. The van der Waals surface area contributed by atoms with Gasteiger partial charge in [-0.3, -0.25) is 9.78 Å². The second-order valence-electron chi connectivity index (χ2n) is 3.79. The summed E-state index contributed by atoms with van der Waals surface area (Å²) in [5, 5.41) is 3.59. The molecule has 0 saturated heterocycles. The molecular weight excluding hydrogens is 261 g/mol. The quantitative estimate of drug-likeness (QED) is 0.902. The molecule has 2 heterocycles. The third-order valence-electron chi connectivity index (χ3n) is 2.51. The summed E-state index contributed by atoms with van der Waals surface area (Å²) < 4.78 is 39.7. The van der Waals surface area contributed by atoms with Gasteiger partial charge in [-0.25, -0.2) is 4.68 Å². The number of halogens is 3. The monoisotopic (exact) mass is 270 g/mol. The lowest BCUT2D eigenvalue weighted by Gasteiger charge is -2.12. The molecule has 0 unspecified atom stereocenters. The Bertz CT molecular complexity index is 633.